The van der Waals surface area contributed by atoms with Gasteiger partial charge in [-0.3, -0.25) is 0 Å². The number of hydrogen-bond donors (Lipinski definition) is 1. The number of fused-ring (bicyclic) bond motifs is 1. The second-order valence-electron chi connectivity index (χ2n) is 8.48. The molecule has 0 saturated heterocycles. The highest BCUT2D eigenvalue weighted by Gasteiger charge is 2.20. The number of benzene rings is 1. The third-order valence-electron chi connectivity index (χ3n) is 5.91. The molecule has 1 saturated carbocycles. The minimum Gasteiger partial charge on any atom is -0.313 e. The molecule has 0 aliphatic heterocycles. The zero-order valence-corrected chi connectivity index (χ0v) is 17.5. The maximum absolute atomic E-state index is 6.02. The number of pyridine rings is 1. The minimum atomic E-state index is 0.265. The standard InChI is InChI=1S/C24H31N5/c1-17(2)29(25)18(3)4-5-19-10-13-22(14-11-19)24-26-23-15-12-21(16-28(23)27-24)9-8-20-6-7-20/h10-16,18,20H,1,4-9,25H2,2-3H3/t18-/m0/s1. The van der Waals surface area contributed by atoms with Crippen LogP contribution in [0, 0.1) is 5.92 Å². The van der Waals surface area contributed by atoms with Crippen LogP contribution in [-0.2, 0) is 12.8 Å². The summed E-state index contributed by atoms with van der Waals surface area (Å²) in [7, 11) is 0. The second-order valence-corrected chi connectivity index (χ2v) is 8.48. The summed E-state index contributed by atoms with van der Waals surface area (Å²) < 4.78 is 1.92. The SMILES string of the molecule is C=C(C)N(N)[C@@H](C)CCc1ccc(-c2nc3ccc(CCC4CC4)cn3n2)cc1. The molecule has 29 heavy (non-hydrogen) atoms. The molecule has 152 valence electrons. The van der Waals surface area contributed by atoms with E-state index in [4.69, 9.17) is 15.9 Å². The quantitative estimate of drug-likeness (QED) is 0.423. The van der Waals surface area contributed by atoms with Crippen LogP contribution >= 0.6 is 0 Å². The minimum absolute atomic E-state index is 0.265. The van der Waals surface area contributed by atoms with E-state index < -0.39 is 0 Å². The zero-order chi connectivity index (χ0) is 20.4. The van der Waals surface area contributed by atoms with Crippen molar-refractivity contribution >= 4 is 5.65 Å². The number of aryl methyl sites for hydroxylation is 2. The molecule has 5 nitrogen and oxygen atoms in total. The van der Waals surface area contributed by atoms with Crippen LogP contribution in [-0.4, -0.2) is 25.6 Å². The average molecular weight is 390 g/mol. The van der Waals surface area contributed by atoms with Gasteiger partial charge in [0.2, 0.25) is 0 Å². The van der Waals surface area contributed by atoms with Crippen molar-refractivity contribution in [1.29, 1.82) is 0 Å². The Morgan fingerprint density at radius 3 is 2.59 bits per heavy atom. The van der Waals surface area contributed by atoms with Crippen LogP contribution in [0.4, 0.5) is 0 Å². The van der Waals surface area contributed by atoms with Gasteiger partial charge in [0.05, 0.1) is 0 Å². The summed E-state index contributed by atoms with van der Waals surface area (Å²) in [5.74, 6) is 7.75. The van der Waals surface area contributed by atoms with Crippen molar-refractivity contribution in [1.82, 2.24) is 19.6 Å². The van der Waals surface area contributed by atoms with E-state index in [-0.39, 0.29) is 6.04 Å². The summed E-state index contributed by atoms with van der Waals surface area (Å²) in [5, 5.41) is 6.45. The van der Waals surface area contributed by atoms with Crippen LogP contribution in [0.5, 0.6) is 0 Å². The monoisotopic (exact) mass is 389 g/mol. The maximum atomic E-state index is 6.02. The van der Waals surface area contributed by atoms with Crippen LogP contribution < -0.4 is 5.84 Å². The Bertz CT molecular complexity index is 984. The fourth-order valence-electron chi connectivity index (χ4n) is 3.68. The summed E-state index contributed by atoms with van der Waals surface area (Å²) in [6.45, 7) is 7.97. The van der Waals surface area contributed by atoms with Crippen molar-refractivity contribution in [2.75, 3.05) is 0 Å². The van der Waals surface area contributed by atoms with Gasteiger partial charge in [-0.1, -0.05) is 49.8 Å². The van der Waals surface area contributed by atoms with E-state index in [0.29, 0.717) is 0 Å². The molecular weight excluding hydrogens is 358 g/mol. The number of nitrogens with two attached hydrogens (primary N) is 1. The summed E-state index contributed by atoms with van der Waals surface area (Å²) in [5.41, 5.74) is 5.47. The molecule has 1 fully saturated rings. The van der Waals surface area contributed by atoms with E-state index in [1.165, 1.54) is 30.4 Å². The molecule has 4 rings (SSSR count). The normalized spacial score (nSPS) is 14.9. The molecule has 2 aromatic heterocycles. The van der Waals surface area contributed by atoms with Crippen molar-refractivity contribution in [2.45, 2.75) is 58.4 Å². The first-order chi connectivity index (χ1) is 14.0. The highest BCUT2D eigenvalue weighted by atomic mass is 15.4. The molecule has 1 atom stereocenters. The smallest absolute Gasteiger partial charge is 0.182 e. The molecule has 0 unspecified atom stereocenters. The molecule has 0 radical (unpaired) electrons. The Labute approximate surface area is 173 Å². The molecule has 1 aliphatic rings. The van der Waals surface area contributed by atoms with Gasteiger partial charge in [0, 0.05) is 23.5 Å². The van der Waals surface area contributed by atoms with Gasteiger partial charge in [0.25, 0.3) is 0 Å². The third-order valence-corrected chi connectivity index (χ3v) is 5.91. The summed E-state index contributed by atoms with van der Waals surface area (Å²) in [6, 6.07) is 13.1. The van der Waals surface area contributed by atoms with Crippen LogP contribution in [0.2, 0.25) is 0 Å². The zero-order valence-electron chi connectivity index (χ0n) is 17.5. The molecular formula is C24H31N5. The number of aromatic nitrogens is 3. The first-order valence-electron chi connectivity index (χ1n) is 10.6. The highest BCUT2D eigenvalue weighted by Crippen LogP contribution is 2.33. The fraction of sp³-hybridized carbons (Fsp3) is 0.417. The van der Waals surface area contributed by atoms with Crippen LogP contribution in [0.15, 0.2) is 54.9 Å². The van der Waals surface area contributed by atoms with E-state index in [1.807, 2.05) is 11.4 Å². The van der Waals surface area contributed by atoms with Gasteiger partial charge >= 0.3 is 0 Å². The summed E-state index contributed by atoms with van der Waals surface area (Å²) >= 11 is 0. The molecule has 3 aromatic rings. The Morgan fingerprint density at radius 2 is 1.90 bits per heavy atom. The van der Waals surface area contributed by atoms with E-state index in [9.17, 15) is 0 Å². The molecule has 0 amide bonds. The molecule has 5 heteroatoms. The van der Waals surface area contributed by atoms with E-state index >= 15 is 0 Å². The number of hydrazine groups is 1. The lowest BCUT2D eigenvalue weighted by Gasteiger charge is -2.26. The fourth-order valence-corrected chi connectivity index (χ4v) is 3.68. The highest BCUT2D eigenvalue weighted by molar-refractivity contribution is 5.58. The Morgan fingerprint density at radius 1 is 1.17 bits per heavy atom. The topological polar surface area (TPSA) is 59.5 Å². The third kappa shape index (κ3) is 4.85. The van der Waals surface area contributed by atoms with Gasteiger partial charge in [-0.25, -0.2) is 15.3 Å². The van der Waals surface area contributed by atoms with Crippen molar-refractivity contribution < 1.29 is 0 Å². The van der Waals surface area contributed by atoms with E-state index in [1.54, 1.807) is 5.01 Å². The Balaban J connectivity index is 1.41. The predicted molar refractivity (Wildman–Crippen MR) is 118 cm³/mol. The van der Waals surface area contributed by atoms with Crippen LogP contribution in [0.3, 0.4) is 0 Å². The lowest BCUT2D eigenvalue weighted by Crippen LogP contribution is -2.37. The van der Waals surface area contributed by atoms with Gasteiger partial charge in [0.15, 0.2) is 11.5 Å². The van der Waals surface area contributed by atoms with Crippen molar-refractivity contribution in [3.8, 4) is 11.4 Å². The van der Waals surface area contributed by atoms with Gasteiger partial charge in [-0.2, -0.15) is 0 Å². The number of hydrogen-bond acceptors (Lipinski definition) is 4. The van der Waals surface area contributed by atoms with Gasteiger partial charge < -0.3 is 5.01 Å². The Kier molecular flexibility index (Phi) is 5.67. The number of rotatable bonds is 9. The number of allylic oxidation sites excluding steroid dienone is 1. The lowest BCUT2D eigenvalue weighted by molar-refractivity contribution is 0.265. The summed E-state index contributed by atoms with van der Waals surface area (Å²) in [4.78, 5) is 4.70. The van der Waals surface area contributed by atoms with Crippen LogP contribution in [0.1, 0.15) is 50.7 Å². The first-order valence-corrected chi connectivity index (χ1v) is 10.6. The van der Waals surface area contributed by atoms with Crippen LogP contribution in [0.25, 0.3) is 17.0 Å². The molecule has 0 spiro atoms. The predicted octanol–water partition coefficient (Wildman–Crippen LogP) is 4.77. The van der Waals surface area contributed by atoms with Gasteiger partial charge in [0.1, 0.15) is 0 Å². The maximum Gasteiger partial charge on any atom is 0.182 e. The van der Waals surface area contributed by atoms with E-state index in [0.717, 1.165) is 47.9 Å². The Hall–Kier alpha value is -2.66. The van der Waals surface area contributed by atoms with Crippen molar-refractivity contribution in [2.24, 2.45) is 11.8 Å². The summed E-state index contributed by atoms with van der Waals surface area (Å²) in [6.07, 6.45) is 9.33. The molecule has 2 N–H and O–H groups in total. The lowest BCUT2D eigenvalue weighted by atomic mass is 10.0. The van der Waals surface area contributed by atoms with Gasteiger partial charge in [-0.05, 0) is 62.6 Å². The largest absolute Gasteiger partial charge is 0.313 e. The van der Waals surface area contributed by atoms with Crippen molar-refractivity contribution in [3.63, 3.8) is 0 Å². The van der Waals surface area contributed by atoms with Gasteiger partial charge in [-0.15, -0.1) is 5.10 Å². The number of nitrogens with zero attached hydrogens (tertiary/aromatic N) is 4. The average Bonchev–Trinajstić information content (AvgIpc) is 3.46. The molecule has 1 aliphatic carbocycles. The van der Waals surface area contributed by atoms with Crippen molar-refractivity contribution in [3.05, 3.63) is 66.0 Å². The molecule has 0 bridgehead atoms. The second kappa shape index (κ2) is 8.37. The molecule has 1 aromatic carbocycles. The van der Waals surface area contributed by atoms with E-state index in [2.05, 4.69) is 56.1 Å². The first kappa shape index (κ1) is 19.6. The molecule has 2 heterocycles.